The molecule has 0 saturated heterocycles. The van der Waals surface area contributed by atoms with Crippen LogP contribution in [0.1, 0.15) is 19.2 Å². The predicted octanol–water partition coefficient (Wildman–Crippen LogP) is -0.263. The van der Waals surface area contributed by atoms with Crippen LogP contribution in [0.25, 0.3) is 0 Å². The molecule has 2 N–H and O–H groups in total. The lowest BCUT2D eigenvalue weighted by Crippen LogP contribution is -2.17. The topological polar surface area (TPSA) is 90.9 Å². The van der Waals surface area contributed by atoms with Gasteiger partial charge < -0.3 is 5.73 Å². The quantitative estimate of drug-likeness (QED) is 0.710. The normalized spacial score (nSPS) is 11.6. The van der Waals surface area contributed by atoms with E-state index in [1.165, 1.54) is 11.0 Å². The molecule has 0 fully saturated rings. The first-order chi connectivity index (χ1) is 7.44. The lowest BCUT2D eigenvalue weighted by Gasteiger charge is -2.01. The van der Waals surface area contributed by atoms with Crippen molar-refractivity contribution in [3.8, 4) is 0 Å². The van der Waals surface area contributed by atoms with Crippen LogP contribution in [0.3, 0.4) is 0 Å². The Morgan fingerprint density at radius 3 is 2.75 bits per heavy atom. The van der Waals surface area contributed by atoms with Gasteiger partial charge in [0.2, 0.25) is 5.82 Å². The van der Waals surface area contributed by atoms with E-state index in [1.54, 1.807) is 0 Å². The molecule has 0 atom stereocenters. The van der Waals surface area contributed by atoms with Crippen LogP contribution >= 0.6 is 12.2 Å². The molecule has 0 aliphatic carbocycles. The van der Waals surface area contributed by atoms with E-state index in [2.05, 4.69) is 10.1 Å². The van der Waals surface area contributed by atoms with E-state index in [0.717, 1.165) is 0 Å². The fourth-order valence-corrected chi connectivity index (χ4v) is 2.55. The van der Waals surface area contributed by atoms with E-state index in [0.29, 0.717) is 6.42 Å². The molecule has 0 radical (unpaired) electrons. The lowest BCUT2D eigenvalue weighted by atomic mass is 10.6. The molecular formula is C8H14N4O2S2. The molecule has 0 bridgehead atoms. The number of thiocarbonyl (C=S) groups is 1. The monoisotopic (exact) mass is 262 g/mol. The van der Waals surface area contributed by atoms with Crippen LogP contribution in [-0.2, 0) is 16.4 Å². The van der Waals surface area contributed by atoms with Gasteiger partial charge in [0, 0.05) is 5.75 Å². The minimum absolute atomic E-state index is 0.0565. The first-order valence-corrected chi connectivity index (χ1v) is 7.07. The highest BCUT2D eigenvalue weighted by atomic mass is 32.2. The van der Waals surface area contributed by atoms with Gasteiger partial charge in [-0.2, -0.15) is 0 Å². The molecule has 0 amide bonds. The summed E-state index contributed by atoms with van der Waals surface area (Å²) in [5.41, 5.74) is 5.33. The first-order valence-electron chi connectivity index (χ1n) is 4.84. The zero-order valence-corrected chi connectivity index (χ0v) is 10.6. The van der Waals surface area contributed by atoms with Crippen molar-refractivity contribution in [2.24, 2.45) is 5.73 Å². The van der Waals surface area contributed by atoms with E-state index in [4.69, 9.17) is 18.0 Å². The number of nitrogens with two attached hydrogens (primary N) is 1. The summed E-state index contributed by atoms with van der Waals surface area (Å²) in [7, 11) is -2.99. The van der Waals surface area contributed by atoms with Gasteiger partial charge in [0.05, 0.1) is 12.3 Å². The van der Waals surface area contributed by atoms with Crippen LogP contribution in [0.4, 0.5) is 0 Å². The molecule has 16 heavy (non-hydrogen) atoms. The summed E-state index contributed by atoms with van der Waals surface area (Å²) >= 11 is 4.70. The molecule has 0 aliphatic heterocycles. The van der Waals surface area contributed by atoms with Gasteiger partial charge in [0.15, 0.2) is 9.84 Å². The van der Waals surface area contributed by atoms with Gasteiger partial charge in [-0.3, -0.25) is 4.68 Å². The number of aromatic nitrogens is 3. The van der Waals surface area contributed by atoms with Gasteiger partial charge in [-0.15, -0.1) is 5.10 Å². The van der Waals surface area contributed by atoms with Gasteiger partial charge in [-0.1, -0.05) is 19.1 Å². The molecule has 0 spiro atoms. The molecule has 1 heterocycles. The Morgan fingerprint density at radius 1 is 1.56 bits per heavy atom. The fourth-order valence-electron chi connectivity index (χ4n) is 1.16. The van der Waals surface area contributed by atoms with E-state index in [-0.39, 0.29) is 28.9 Å². The van der Waals surface area contributed by atoms with Crippen molar-refractivity contribution in [1.29, 1.82) is 0 Å². The van der Waals surface area contributed by atoms with Crippen molar-refractivity contribution in [2.75, 3.05) is 11.5 Å². The summed E-state index contributed by atoms with van der Waals surface area (Å²) in [5.74, 6) is 0.521. The summed E-state index contributed by atoms with van der Waals surface area (Å²) in [4.78, 5) is 3.96. The van der Waals surface area contributed by atoms with E-state index in [9.17, 15) is 8.42 Å². The summed E-state index contributed by atoms with van der Waals surface area (Å²) in [6, 6.07) is 0. The SMILES string of the molecule is CCCS(=O)(=O)CCn1cnc(C(N)=S)n1. The minimum Gasteiger partial charge on any atom is -0.387 e. The predicted molar refractivity (Wildman–Crippen MR) is 64.9 cm³/mol. The Hall–Kier alpha value is -1.02. The smallest absolute Gasteiger partial charge is 0.208 e. The van der Waals surface area contributed by atoms with Crippen molar-refractivity contribution >= 4 is 27.0 Å². The number of hydrogen-bond acceptors (Lipinski definition) is 5. The molecule has 6 nitrogen and oxygen atoms in total. The van der Waals surface area contributed by atoms with Crippen LogP contribution in [0, 0.1) is 0 Å². The largest absolute Gasteiger partial charge is 0.387 e. The zero-order chi connectivity index (χ0) is 12.2. The number of nitrogens with zero attached hydrogens (tertiary/aromatic N) is 3. The molecule has 1 aromatic rings. The third kappa shape index (κ3) is 3.86. The van der Waals surface area contributed by atoms with Crippen LogP contribution in [0.2, 0.25) is 0 Å². The zero-order valence-electron chi connectivity index (χ0n) is 8.96. The number of rotatable bonds is 6. The van der Waals surface area contributed by atoms with Crippen molar-refractivity contribution in [3.05, 3.63) is 12.2 Å². The van der Waals surface area contributed by atoms with Gasteiger partial charge in [0.1, 0.15) is 11.3 Å². The van der Waals surface area contributed by atoms with Gasteiger partial charge in [0.25, 0.3) is 0 Å². The molecule has 1 rings (SSSR count). The third-order valence-electron chi connectivity index (χ3n) is 1.90. The molecule has 0 aromatic carbocycles. The lowest BCUT2D eigenvalue weighted by molar-refractivity contribution is 0.579. The Kier molecular flexibility index (Phi) is 4.36. The second kappa shape index (κ2) is 5.35. The summed E-state index contributed by atoms with van der Waals surface area (Å²) in [5, 5.41) is 3.95. The molecule has 8 heteroatoms. The Bertz CT molecular complexity index is 466. The first kappa shape index (κ1) is 13.0. The maximum absolute atomic E-state index is 11.4. The Balaban J connectivity index is 2.58. The number of hydrogen-bond donors (Lipinski definition) is 1. The van der Waals surface area contributed by atoms with Crippen LogP contribution in [-0.4, -0.2) is 39.7 Å². The van der Waals surface area contributed by atoms with E-state index < -0.39 is 9.84 Å². The van der Waals surface area contributed by atoms with Crippen molar-refractivity contribution in [3.63, 3.8) is 0 Å². The average Bonchev–Trinajstić information content (AvgIpc) is 2.63. The maximum Gasteiger partial charge on any atom is 0.208 e. The third-order valence-corrected chi connectivity index (χ3v) is 3.92. The maximum atomic E-state index is 11.4. The van der Waals surface area contributed by atoms with Crippen LogP contribution in [0.5, 0.6) is 0 Å². The molecule has 0 saturated carbocycles. The van der Waals surface area contributed by atoms with Crippen LogP contribution < -0.4 is 5.73 Å². The average molecular weight is 262 g/mol. The second-order valence-electron chi connectivity index (χ2n) is 3.35. The molecule has 0 unspecified atom stereocenters. The Labute approximate surface area is 99.8 Å². The molecular weight excluding hydrogens is 248 g/mol. The van der Waals surface area contributed by atoms with Crippen molar-refractivity contribution in [2.45, 2.75) is 19.9 Å². The van der Waals surface area contributed by atoms with Gasteiger partial charge >= 0.3 is 0 Å². The van der Waals surface area contributed by atoms with Crippen molar-refractivity contribution < 1.29 is 8.42 Å². The fraction of sp³-hybridized carbons (Fsp3) is 0.625. The standard InChI is InChI=1S/C8H14N4O2S2/c1-2-4-16(13,14)5-3-12-6-10-8(11-12)7(9)15/h6H,2-5H2,1H3,(H2,9,15). The summed E-state index contributed by atoms with van der Waals surface area (Å²) < 4.78 is 24.3. The van der Waals surface area contributed by atoms with E-state index in [1.807, 2.05) is 6.92 Å². The number of aryl methyl sites for hydroxylation is 1. The summed E-state index contributed by atoms with van der Waals surface area (Å²) in [6.45, 7) is 2.11. The second-order valence-corrected chi connectivity index (χ2v) is 6.09. The van der Waals surface area contributed by atoms with Gasteiger partial charge in [-0.25, -0.2) is 13.4 Å². The van der Waals surface area contributed by atoms with E-state index >= 15 is 0 Å². The highest BCUT2D eigenvalue weighted by Gasteiger charge is 2.10. The summed E-state index contributed by atoms with van der Waals surface area (Å²) in [6.07, 6.45) is 2.05. The van der Waals surface area contributed by atoms with Crippen LogP contribution in [0.15, 0.2) is 6.33 Å². The van der Waals surface area contributed by atoms with Gasteiger partial charge in [-0.05, 0) is 6.42 Å². The molecule has 1 aromatic heterocycles. The molecule has 90 valence electrons. The molecule has 0 aliphatic rings. The van der Waals surface area contributed by atoms with Crippen molar-refractivity contribution in [1.82, 2.24) is 14.8 Å². The highest BCUT2D eigenvalue weighted by Crippen LogP contribution is 1.96. The number of sulfone groups is 1. The minimum atomic E-state index is -2.99. The Morgan fingerprint density at radius 2 is 2.25 bits per heavy atom. The highest BCUT2D eigenvalue weighted by molar-refractivity contribution is 7.91.